The van der Waals surface area contributed by atoms with E-state index < -0.39 is 12.0 Å². The van der Waals surface area contributed by atoms with Gasteiger partial charge in [-0.3, -0.25) is 4.79 Å². The molecule has 0 aromatic heterocycles. The van der Waals surface area contributed by atoms with Gasteiger partial charge in [0.15, 0.2) is 0 Å². The highest BCUT2D eigenvalue weighted by Crippen LogP contribution is 2.28. The van der Waals surface area contributed by atoms with E-state index in [-0.39, 0.29) is 17.7 Å². The van der Waals surface area contributed by atoms with Crippen molar-refractivity contribution in [3.63, 3.8) is 0 Å². The zero-order chi connectivity index (χ0) is 12.4. The molecule has 0 spiro atoms. The minimum atomic E-state index is -0.879. The van der Waals surface area contributed by atoms with E-state index in [1.165, 1.54) is 0 Å². The fraction of sp³-hybridized carbons (Fsp3) is 0.833. The van der Waals surface area contributed by atoms with Crippen LogP contribution in [0.25, 0.3) is 0 Å². The van der Waals surface area contributed by atoms with E-state index in [1.54, 1.807) is 4.90 Å². The highest BCUT2D eigenvalue weighted by molar-refractivity contribution is 5.86. The quantitative estimate of drug-likeness (QED) is 0.774. The van der Waals surface area contributed by atoms with E-state index in [1.807, 2.05) is 6.92 Å². The Morgan fingerprint density at radius 3 is 2.47 bits per heavy atom. The average molecular weight is 241 g/mol. The second kappa shape index (κ2) is 5.04. The zero-order valence-electron chi connectivity index (χ0n) is 10.1. The summed E-state index contributed by atoms with van der Waals surface area (Å²) in [4.78, 5) is 25.0. The minimum absolute atomic E-state index is 0.00468. The Morgan fingerprint density at radius 2 is 1.88 bits per heavy atom. The van der Waals surface area contributed by atoms with Crippen LogP contribution in [0.3, 0.4) is 0 Å². The molecule has 0 saturated carbocycles. The molecule has 0 aromatic carbocycles. The van der Waals surface area contributed by atoms with Crippen LogP contribution in [0.1, 0.15) is 26.2 Å². The van der Waals surface area contributed by atoms with Gasteiger partial charge in [0.2, 0.25) is 5.91 Å². The number of amides is 1. The van der Waals surface area contributed by atoms with Crippen molar-refractivity contribution in [3.05, 3.63) is 0 Å². The normalized spacial score (nSPS) is 30.5. The largest absolute Gasteiger partial charge is 0.480 e. The third-order valence-corrected chi connectivity index (χ3v) is 3.81. The van der Waals surface area contributed by atoms with Gasteiger partial charge in [-0.05, 0) is 25.2 Å². The Hall–Kier alpha value is -1.10. The Balaban J connectivity index is 2.05. The van der Waals surface area contributed by atoms with Gasteiger partial charge >= 0.3 is 5.97 Å². The molecule has 0 bridgehead atoms. The van der Waals surface area contributed by atoms with Gasteiger partial charge < -0.3 is 14.7 Å². The summed E-state index contributed by atoms with van der Waals surface area (Å²) in [5.74, 6) is -0.868. The molecule has 1 N–H and O–H groups in total. The second-order valence-electron chi connectivity index (χ2n) is 4.97. The fourth-order valence-electron chi connectivity index (χ4n) is 2.75. The van der Waals surface area contributed by atoms with E-state index in [0.29, 0.717) is 19.8 Å². The zero-order valence-corrected chi connectivity index (χ0v) is 10.1. The van der Waals surface area contributed by atoms with Crippen LogP contribution >= 0.6 is 0 Å². The maximum atomic E-state index is 12.3. The standard InChI is InChI=1S/C12H19NO4/c1-8-2-5-13(10(8)12(15)16)11(14)9-3-6-17-7-4-9/h8-10H,2-7H2,1H3,(H,15,16). The van der Waals surface area contributed by atoms with Gasteiger partial charge in [0.05, 0.1) is 0 Å². The third-order valence-electron chi connectivity index (χ3n) is 3.81. The Bertz CT molecular complexity index is 312. The lowest BCUT2D eigenvalue weighted by molar-refractivity contribution is -0.152. The molecule has 2 heterocycles. The molecule has 0 radical (unpaired) electrons. The first-order valence-corrected chi connectivity index (χ1v) is 6.22. The number of carboxylic acid groups (broad SMARTS) is 1. The molecular formula is C12H19NO4. The van der Waals surface area contributed by atoms with Crippen LogP contribution in [0.5, 0.6) is 0 Å². The molecule has 17 heavy (non-hydrogen) atoms. The van der Waals surface area contributed by atoms with E-state index in [9.17, 15) is 14.7 Å². The van der Waals surface area contributed by atoms with Gasteiger partial charge in [0, 0.05) is 25.7 Å². The molecule has 2 unspecified atom stereocenters. The Kier molecular flexibility index (Phi) is 3.66. The van der Waals surface area contributed by atoms with Crippen molar-refractivity contribution in [2.75, 3.05) is 19.8 Å². The van der Waals surface area contributed by atoms with Crippen LogP contribution in [0.2, 0.25) is 0 Å². The van der Waals surface area contributed by atoms with Crippen LogP contribution in [-0.4, -0.2) is 47.7 Å². The number of ether oxygens (including phenoxy) is 1. The predicted molar refractivity (Wildman–Crippen MR) is 60.5 cm³/mol. The monoisotopic (exact) mass is 241 g/mol. The highest BCUT2D eigenvalue weighted by atomic mass is 16.5. The van der Waals surface area contributed by atoms with E-state index in [0.717, 1.165) is 19.3 Å². The van der Waals surface area contributed by atoms with E-state index in [4.69, 9.17) is 4.74 Å². The number of carboxylic acids is 1. The van der Waals surface area contributed by atoms with Gasteiger partial charge in [-0.2, -0.15) is 0 Å². The van der Waals surface area contributed by atoms with Gasteiger partial charge in [0.1, 0.15) is 6.04 Å². The first-order chi connectivity index (χ1) is 8.11. The molecule has 0 aromatic rings. The summed E-state index contributed by atoms with van der Waals surface area (Å²) in [6, 6.07) is -0.634. The van der Waals surface area contributed by atoms with Crippen molar-refractivity contribution in [3.8, 4) is 0 Å². The minimum Gasteiger partial charge on any atom is -0.480 e. The Morgan fingerprint density at radius 1 is 1.24 bits per heavy atom. The summed E-state index contributed by atoms with van der Waals surface area (Å²) in [7, 11) is 0. The van der Waals surface area contributed by atoms with E-state index >= 15 is 0 Å². The lowest BCUT2D eigenvalue weighted by Crippen LogP contribution is -2.46. The molecule has 1 amide bonds. The molecular weight excluding hydrogens is 222 g/mol. The molecule has 2 rings (SSSR count). The van der Waals surface area contributed by atoms with Gasteiger partial charge in [0.25, 0.3) is 0 Å². The number of rotatable bonds is 2. The van der Waals surface area contributed by atoms with Gasteiger partial charge in [-0.15, -0.1) is 0 Å². The number of nitrogens with zero attached hydrogens (tertiary/aromatic N) is 1. The lowest BCUT2D eigenvalue weighted by Gasteiger charge is -2.29. The van der Waals surface area contributed by atoms with Gasteiger partial charge in [-0.25, -0.2) is 4.79 Å². The molecule has 2 saturated heterocycles. The number of aliphatic carboxylic acids is 1. The molecule has 5 nitrogen and oxygen atoms in total. The van der Waals surface area contributed by atoms with Crippen LogP contribution in [0.15, 0.2) is 0 Å². The summed E-state index contributed by atoms with van der Waals surface area (Å²) in [5, 5.41) is 9.18. The molecule has 5 heteroatoms. The van der Waals surface area contributed by atoms with Crippen molar-refractivity contribution < 1.29 is 19.4 Å². The van der Waals surface area contributed by atoms with Crippen LogP contribution in [0, 0.1) is 11.8 Å². The topological polar surface area (TPSA) is 66.8 Å². The number of carbonyl (C=O) groups is 2. The third kappa shape index (κ3) is 2.44. The number of hydrogen-bond acceptors (Lipinski definition) is 3. The highest BCUT2D eigenvalue weighted by Gasteiger charge is 2.41. The molecule has 2 aliphatic rings. The second-order valence-corrected chi connectivity index (χ2v) is 4.97. The number of carbonyl (C=O) groups excluding carboxylic acids is 1. The smallest absolute Gasteiger partial charge is 0.326 e. The molecule has 96 valence electrons. The van der Waals surface area contributed by atoms with Gasteiger partial charge in [-0.1, -0.05) is 6.92 Å². The lowest BCUT2D eigenvalue weighted by atomic mass is 9.97. The number of likely N-dealkylation sites (tertiary alicyclic amines) is 1. The first kappa shape index (κ1) is 12.4. The average Bonchev–Trinajstić information content (AvgIpc) is 2.71. The Labute approximate surface area is 101 Å². The van der Waals surface area contributed by atoms with Crippen molar-refractivity contribution in [2.45, 2.75) is 32.2 Å². The van der Waals surface area contributed by atoms with Crippen molar-refractivity contribution >= 4 is 11.9 Å². The molecule has 2 aliphatic heterocycles. The summed E-state index contributed by atoms with van der Waals surface area (Å²) in [6.07, 6.45) is 2.22. The van der Waals surface area contributed by atoms with E-state index in [2.05, 4.69) is 0 Å². The van der Waals surface area contributed by atoms with Crippen molar-refractivity contribution in [1.82, 2.24) is 4.90 Å². The number of hydrogen-bond donors (Lipinski definition) is 1. The maximum absolute atomic E-state index is 12.3. The maximum Gasteiger partial charge on any atom is 0.326 e. The SMILES string of the molecule is CC1CCN(C(=O)C2CCOCC2)C1C(=O)O. The summed E-state index contributed by atoms with van der Waals surface area (Å²) in [5.41, 5.74) is 0. The van der Waals surface area contributed by atoms with Crippen LogP contribution in [-0.2, 0) is 14.3 Å². The molecule has 0 aliphatic carbocycles. The fourth-order valence-corrected chi connectivity index (χ4v) is 2.75. The summed E-state index contributed by atoms with van der Waals surface area (Å²) < 4.78 is 5.22. The van der Waals surface area contributed by atoms with Crippen LogP contribution in [0.4, 0.5) is 0 Å². The summed E-state index contributed by atoms with van der Waals surface area (Å²) >= 11 is 0. The molecule has 2 fully saturated rings. The summed E-state index contributed by atoms with van der Waals surface area (Å²) in [6.45, 7) is 3.69. The van der Waals surface area contributed by atoms with Crippen LogP contribution < -0.4 is 0 Å². The van der Waals surface area contributed by atoms with Crippen molar-refractivity contribution in [2.24, 2.45) is 11.8 Å². The predicted octanol–water partition coefficient (Wildman–Crippen LogP) is 0.735. The first-order valence-electron chi connectivity index (χ1n) is 6.22. The molecule has 2 atom stereocenters. The van der Waals surface area contributed by atoms with Crippen molar-refractivity contribution in [1.29, 1.82) is 0 Å².